The van der Waals surface area contributed by atoms with E-state index in [1.165, 1.54) is 6.07 Å². The summed E-state index contributed by atoms with van der Waals surface area (Å²) in [5.74, 6) is 0.0805. The molecular weight excluding hydrogens is 390 g/mol. The molecule has 3 amide bonds. The van der Waals surface area contributed by atoms with Crippen LogP contribution in [0, 0.1) is 0 Å². The van der Waals surface area contributed by atoms with Crippen molar-refractivity contribution in [2.75, 3.05) is 6.79 Å². The van der Waals surface area contributed by atoms with Crippen molar-refractivity contribution in [3.05, 3.63) is 59.2 Å². The van der Waals surface area contributed by atoms with Crippen molar-refractivity contribution in [3.63, 3.8) is 0 Å². The molecule has 9 nitrogen and oxygen atoms in total. The molecule has 0 saturated heterocycles. The fourth-order valence-electron chi connectivity index (χ4n) is 2.56. The highest BCUT2D eigenvalue weighted by molar-refractivity contribution is 5.99. The minimum absolute atomic E-state index is 0.112. The highest BCUT2D eigenvalue weighted by Crippen LogP contribution is 2.32. The van der Waals surface area contributed by atoms with Gasteiger partial charge in [-0.2, -0.15) is 0 Å². The average molecular weight is 413 g/mol. The zero-order valence-electron chi connectivity index (χ0n) is 16.9. The van der Waals surface area contributed by atoms with E-state index in [1.54, 1.807) is 57.2 Å². The highest BCUT2D eigenvalue weighted by Gasteiger charge is 2.17. The van der Waals surface area contributed by atoms with Gasteiger partial charge in [-0.3, -0.25) is 20.4 Å². The predicted molar refractivity (Wildman–Crippen MR) is 107 cm³/mol. The Labute approximate surface area is 173 Å². The van der Waals surface area contributed by atoms with Crippen LogP contribution in [-0.4, -0.2) is 30.3 Å². The summed E-state index contributed by atoms with van der Waals surface area (Å²) in [4.78, 5) is 36.1. The van der Waals surface area contributed by atoms with E-state index in [0.29, 0.717) is 22.6 Å². The van der Waals surface area contributed by atoms with Crippen LogP contribution in [0.3, 0.4) is 0 Å². The summed E-state index contributed by atoms with van der Waals surface area (Å²) in [5.41, 5.74) is 5.61. The third-order valence-corrected chi connectivity index (χ3v) is 3.98. The van der Waals surface area contributed by atoms with E-state index < -0.39 is 23.5 Å². The molecule has 0 fully saturated rings. The molecule has 30 heavy (non-hydrogen) atoms. The molecule has 0 bridgehead atoms. The number of rotatable bonds is 4. The number of alkyl carbamates (subject to hydrolysis) is 1. The molecule has 0 saturated carbocycles. The zero-order chi connectivity index (χ0) is 21.7. The number of amides is 3. The molecule has 9 heteroatoms. The van der Waals surface area contributed by atoms with E-state index in [-0.39, 0.29) is 13.3 Å². The van der Waals surface area contributed by atoms with E-state index in [1.807, 2.05) is 0 Å². The molecule has 3 rings (SSSR count). The van der Waals surface area contributed by atoms with Crippen LogP contribution in [0.2, 0.25) is 0 Å². The van der Waals surface area contributed by atoms with Crippen molar-refractivity contribution >= 4 is 17.9 Å². The number of carbonyl (C=O) groups is 3. The molecule has 0 unspecified atom stereocenters. The number of hydrogen-bond donors (Lipinski definition) is 3. The topological polar surface area (TPSA) is 115 Å². The van der Waals surface area contributed by atoms with Gasteiger partial charge in [0.1, 0.15) is 5.60 Å². The SMILES string of the molecule is CC(C)(C)OC(=O)NCc1ccc(C(=O)NNC(=O)c2ccc3c(c2)OCO3)cc1. The van der Waals surface area contributed by atoms with Gasteiger partial charge in [0, 0.05) is 17.7 Å². The normalized spacial score (nSPS) is 12.1. The average Bonchev–Trinajstić information content (AvgIpc) is 3.17. The van der Waals surface area contributed by atoms with E-state index in [9.17, 15) is 14.4 Å². The molecular formula is C21H23N3O6. The monoisotopic (exact) mass is 413 g/mol. The van der Waals surface area contributed by atoms with Gasteiger partial charge in [0.15, 0.2) is 11.5 Å². The first-order valence-electron chi connectivity index (χ1n) is 9.27. The molecule has 0 aliphatic carbocycles. The zero-order valence-corrected chi connectivity index (χ0v) is 16.9. The number of fused-ring (bicyclic) bond motifs is 1. The van der Waals surface area contributed by atoms with Crippen molar-refractivity contribution < 1.29 is 28.6 Å². The second-order valence-electron chi connectivity index (χ2n) is 7.53. The predicted octanol–water partition coefficient (Wildman–Crippen LogP) is 2.51. The lowest BCUT2D eigenvalue weighted by molar-refractivity contribution is 0.0523. The van der Waals surface area contributed by atoms with Crippen LogP contribution >= 0.6 is 0 Å². The van der Waals surface area contributed by atoms with Crippen LogP contribution in [0.5, 0.6) is 11.5 Å². The molecule has 158 valence electrons. The Morgan fingerprint density at radius 1 is 0.900 bits per heavy atom. The molecule has 1 aliphatic heterocycles. The van der Waals surface area contributed by atoms with Crippen molar-refractivity contribution in [2.45, 2.75) is 32.9 Å². The largest absolute Gasteiger partial charge is 0.454 e. The van der Waals surface area contributed by atoms with Gasteiger partial charge in [-0.05, 0) is 56.7 Å². The van der Waals surface area contributed by atoms with Crippen molar-refractivity contribution in [2.24, 2.45) is 0 Å². The van der Waals surface area contributed by atoms with Crippen LogP contribution in [0.15, 0.2) is 42.5 Å². The fraction of sp³-hybridized carbons (Fsp3) is 0.286. The molecule has 1 aliphatic rings. The Kier molecular flexibility index (Phi) is 6.10. The van der Waals surface area contributed by atoms with Crippen LogP contribution in [0.4, 0.5) is 4.79 Å². The van der Waals surface area contributed by atoms with Gasteiger partial charge in [-0.15, -0.1) is 0 Å². The maximum Gasteiger partial charge on any atom is 0.407 e. The molecule has 3 N–H and O–H groups in total. The van der Waals surface area contributed by atoms with Gasteiger partial charge >= 0.3 is 6.09 Å². The number of carbonyl (C=O) groups excluding carboxylic acids is 3. The molecule has 1 heterocycles. The van der Waals surface area contributed by atoms with Gasteiger partial charge < -0.3 is 19.5 Å². The summed E-state index contributed by atoms with van der Waals surface area (Å²) in [6.45, 7) is 5.72. The Morgan fingerprint density at radius 2 is 1.50 bits per heavy atom. The number of hydrazine groups is 1. The quantitative estimate of drug-likeness (QED) is 0.664. The number of hydrogen-bond acceptors (Lipinski definition) is 6. The smallest absolute Gasteiger partial charge is 0.407 e. The lowest BCUT2D eigenvalue weighted by atomic mass is 10.1. The Bertz CT molecular complexity index is 950. The third-order valence-electron chi connectivity index (χ3n) is 3.98. The van der Waals surface area contributed by atoms with Gasteiger partial charge in [0.2, 0.25) is 6.79 Å². The van der Waals surface area contributed by atoms with Crippen molar-refractivity contribution in [3.8, 4) is 11.5 Å². The van der Waals surface area contributed by atoms with Crippen molar-refractivity contribution in [1.82, 2.24) is 16.2 Å². The first-order chi connectivity index (χ1) is 14.2. The summed E-state index contributed by atoms with van der Waals surface area (Å²) in [6.07, 6.45) is -0.518. The van der Waals surface area contributed by atoms with Gasteiger partial charge in [0.25, 0.3) is 11.8 Å². The molecule has 0 spiro atoms. The van der Waals surface area contributed by atoms with Crippen LogP contribution in [-0.2, 0) is 11.3 Å². The lowest BCUT2D eigenvalue weighted by Crippen LogP contribution is -2.41. The maximum absolute atomic E-state index is 12.2. The van der Waals surface area contributed by atoms with E-state index in [4.69, 9.17) is 14.2 Å². The summed E-state index contributed by atoms with van der Waals surface area (Å²) in [6, 6.07) is 11.3. The summed E-state index contributed by atoms with van der Waals surface area (Å²) >= 11 is 0. The molecule has 0 atom stereocenters. The Hall–Kier alpha value is -3.75. The Morgan fingerprint density at radius 3 is 2.17 bits per heavy atom. The minimum Gasteiger partial charge on any atom is -0.454 e. The second kappa shape index (κ2) is 8.73. The van der Waals surface area contributed by atoms with Gasteiger partial charge in [-0.1, -0.05) is 12.1 Å². The fourth-order valence-corrected chi connectivity index (χ4v) is 2.56. The van der Waals surface area contributed by atoms with Gasteiger partial charge in [0.05, 0.1) is 0 Å². The molecule has 0 aromatic heterocycles. The van der Waals surface area contributed by atoms with Crippen LogP contribution in [0.1, 0.15) is 47.1 Å². The van der Waals surface area contributed by atoms with Gasteiger partial charge in [-0.25, -0.2) is 4.79 Å². The summed E-state index contributed by atoms with van der Waals surface area (Å²) in [5, 5.41) is 2.64. The second-order valence-corrected chi connectivity index (χ2v) is 7.53. The Balaban J connectivity index is 1.48. The number of nitrogens with one attached hydrogen (secondary N) is 3. The highest BCUT2D eigenvalue weighted by atomic mass is 16.7. The van der Waals surface area contributed by atoms with E-state index in [2.05, 4.69) is 16.2 Å². The first-order valence-corrected chi connectivity index (χ1v) is 9.27. The number of ether oxygens (including phenoxy) is 3. The summed E-state index contributed by atoms with van der Waals surface area (Å²) < 4.78 is 15.6. The third kappa shape index (κ3) is 5.63. The van der Waals surface area contributed by atoms with E-state index >= 15 is 0 Å². The van der Waals surface area contributed by atoms with E-state index in [0.717, 1.165) is 5.56 Å². The maximum atomic E-state index is 12.2. The standard InChI is InChI=1S/C21H23N3O6/c1-21(2,3)30-20(27)22-11-13-4-6-14(7-5-13)18(25)23-24-19(26)15-8-9-16-17(10-15)29-12-28-16/h4-10H,11-12H2,1-3H3,(H,22,27)(H,23,25)(H,24,26). The number of benzene rings is 2. The molecule has 2 aromatic rings. The molecule has 0 radical (unpaired) electrons. The molecule has 2 aromatic carbocycles. The van der Waals surface area contributed by atoms with Crippen molar-refractivity contribution in [1.29, 1.82) is 0 Å². The van der Waals surface area contributed by atoms with Crippen LogP contribution in [0.25, 0.3) is 0 Å². The lowest BCUT2D eigenvalue weighted by Gasteiger charge is -2.19. The summed E-state index contributed by atoms with van der Waals surface area (Å²) in [7, 11) is 0. The van der Waals surface area contributed by atoms with Crippen LogP contribution < -0.4 is 25.6 Å². The first kappa shape index (κ1) is 21.0. The minimum atomic E-state index is -0.572.